The Morgan fingerprint density at radius 1 is 1.05 bits per heavy atom. The Hall–Kier alpha value is -2.91. The number of anilines is 2. The molecule has 0 spiro atoms. The summed E-state index contributed by atoms with van der Waals surface area (Å²) < 4.78 is 7.39. The number of benzene rings is 3. The van der Waals surface area contributed by atoms with Gasteiger partial charge in [-0.15, -0.1) is 0 Å². The van der Waals surface area contributed by atoms with Gasteiger partial charge in [-0.2, -0.15) is 9.80 Å². The fraction of sp³-hybridized carbons (Fsp3) is 0.367. The van der Waals surface area contributed by atoms with E-state index < -0.39 is 11.8 Å². The monoisotopic (exact) mass is 577 g/mol. The average molecular weight is 579 g/mol. The lowest BCUT2D eigenvalue weighted by molar-refractivity contribution is -0.972. The van der Waals surface area contributed by atoms with Crippen LogP contribution in [-0.4, -0.2) is 52.3 Å². The fourth-order valence-corrected chi connectivity index (χ4v) is 6.79. The number of amides is 1. The summed E-state index contributed by atoms with van der Waals surface area (Å²) in [5.74, 6) is 0. The number of fused-ring (bicyclic) bond motifs is 3. The molecule has 0 saturated carbocycles. The minimum Gasteiger partial charge on any atom is -0.434 e. The van der Waals surface area contributed by atoms with Crippen LogP contribution in [0.3, 0.4) is 0 Å². The Kier molecular flexibility index (Phi) is 6.90. The molecule has 4 heterocycles. The molecule has 0 aromatic heterocycles. The van der Waals surface area contributed by atoms with Gasteiger partial charge in [0.2, 0.25) is 5.72 Å². The number of hydrogen-bond donors (Lipinski definition) is 2. The van der Waals surface area contributed by atoms with Crippen molar-refractivity contribution in [3.63, 3.8) is 0 Å². The molecule has 4 aliphatic heterocycles. The van der Waals surface area contributed by atoms with Crippen LogP contribution >= 0.6 is 15.9 Å². The summed E-state index contributed by atoms with van der Waals surface area (Å²) >= 11 is 3.54. The van der Waals surface area contributed by atoms with Crippen molar-refractivity contribution in [3.05, 3.63) is 94.5 Å². The Bertz CT molecular complexity index is 1280. The van der Waals surface area contributed by atoms with Gasteiger partial charge in [0.1, 0.15) is 18.9 Å². The topological polar surface area (TPSA) is 65.0 Å². The number of piperidine rings is 1. The molecule has 8 heteroatoms. The predicted molar refractivity (Wildman–Crippen MR) is 151 cm³/mol. The van der Waals surface area contributed by atoms with Gasteiger partial charge < -0.3 is 15.2 Å². The summed E-state index contributed by atoms with van der Waals surface area (Å²) in [7, 11) is 0. The number of carbonyl (C=O) groups is 1. The van der Waals surface area contributed by atoms with Crippen LogP contribution in [0.5, 0.6) is 0 Å². The molecule has 4 aliphatic rings. The maximum absolute atomic E-state index is 13.1. The molecule has 3 atom stereocenters. The zero-order chi connectivity index (χ0) is 26.2. The Labute approximate surface area is 232 Å². The Morgan fingerprint density at radius 2 is 1.74 bits per heavy atom. The SMILES string of the molecule is O=C(O)[N@+]1(N2CNc3ccccc32)CCC2CC1(CCCN(Cc1ccccc1)Cc1ccc(Br)cc1)O2. The number of carboxylic acid groups (broad SMARTS) is 1. The van der Waals surface area contributed by atoms with Gasteiger partial charge in [0.15, 0.2) is 0 Å². The molecule has 1 amide bonds. The minimum absolute atomic E-state index is 0.162. The summed E-state index contributed by atoms with van der Waals surface area (Å²) in [5.41, 5.74) is 3.70. The molecule has 2 unspecified atom stereocenters. The van der Waals surface area contributed by atoms with Crippen LogP contribution in [0.1, 0.15) is 36.8 Å². The van der Waals surface area contributed by atoms with E-state index in [2.05, 4.69) is 74.7 Å². The number of nitrogens with one attached hydrogen (secondary N) is 1. The van der Waals surface area contributed by atoms with Gasteiger partial charge in [-0.3, -0.25) is 4.90 Å². The number of hydrogen-bond acceptors (Lipinski definition) is 5. The van der Waals surface area contributed by atoms with E-state index in [4.69, 9.17) is 4.74 Å². The third kappa shape index (κ3) is 4.49. The minimum atomic E-state index is -0.836. The molecule has 2 bridgehead atoms. The van der Waals surface area contributed by atoms with Gasteiger partial charge in [0.05, 0.1) is 18.2 Å². The highest BCUT2D eigenvalue weighted by molar-refractivity contribution is 9.10. The van der Waals surface area contributed by atoms with Crippen molar-refractivity contribution in [2.24, 2.45) is 0 Å². The Morgan fingerprint density at radius 3 is 2.47 bits per heavy atom. The summed E-state index contributed by atoms with van der Waals surface area (Å²) in [6.07, 6.45) is 2.42. The van der Waals surface area contributed by atoms with E-state index in [9.17, 15) is 9.90 Å². The summed E-state index contributed by atoms with van der Waals surface area (Å²) in [6, 6.07) is 27.0. The van der Waals surface area contributed by atoms with E-state index in [0.29, 0.717) is 19.6 Å². The fourth-order valence-electron chi connectivity index (χ4n) is 6.53. The average Bonchev–Trinajstić information content (AvgIpc) is 3.34. The highest BCUT2D eigenvalue weighted by Gasteiger charge is 2.72. The van der Waals surface area contributed by atoms with E-state index in [1.807, 2.05) is 35.3 Å². The van der Waals surface area contributed by atoms with Crippen molar-refractivity contribution < 1.29 is 19.2 Å². The lowest BCUT2D eigenvalue weighted by atomic mass is 9.84. The van der Waals surface area contributed by atoms with E-state index in [0.717, 1.165) is 54.7 Å². The number of para-hydroxylation sites is 2. The smallest absolute Gasteiger partial charge is 0.434 e. The largest absolute Gasteiger partial charge is 0.541 e. The van der Waals surface area contributed by atoms with E-state index in [1.165, 1.54) is 11.1 Å². The van der Waals surface area contributed by atoms with Crippen molar-refractivity contribution >= 4 is 33.4 Å². The van der Waals surface area contributed by atoms with Gasteiger partial charge in [-0.05, 0) is 48.4 Å². The second-order valence-electron chi connectivity index (χ2n) is 10.6. The van der Waals surface area contributed by atoms with Gasteiger partial charge >= 0.3 is 6.09 Å². The first kappa shape index (κ1) is 25.4. The molecule has 0 radical (unpaired) electrons. The van der Waals surface area contributed by atoms with Gasteiger partial charge in [-0.25, -0.2) is 0 Å². The van der Waals surface area contributed by atoms with Crippen LogP contribution in [0.4, 0.5) is 16.2 Å². The Balaban J connectivity index is 1.22. The number of halogens is 1. The lowest BCUT2D eigenvalue weighted by Gasteiger charge is -2.62. The highest BCUT2D eigenvalue weighted by atomic mass is 79.9. The molecular formula is C30H34BrN4O3+. The summed E-state index contributed by atoms with van der Waals surface area (Å²) in [4.78, 5) is 15.6. The van der Waals surface area contributed by atoms with Crippen LogP contribution < -0.4 is 10.3 Å². The van der Waals surface area contributed by atoms with Crippen LogP contribution in [0.15, 0.2) is 83.3 Å². The summed E-state index contributed by atoms with van der Waals surface area (Å²) in [5, 5.41) is 16.2. The predicted octanol–water partition coefficient (Wildman–Crippen LogP) is 6.42. The van der Waals surface area contributed by atoms with E-state index in [1.54, 1.807) is 0 Å². The normalized spacial score (nSPS) is 25.5. The first-order valence-corrected chi connectivity index (χ1v) is 14.2. The number of ether oxygens (including phenoxy) is 1. The van der Waals surface area contributed by atoms with E-state index >= 15 is 0 Å². The zero-order valence-electron chi connectivity index (χ0n) is 21.4. The second-order valence-corrected chi connectivity index (χ2v) is 11.5. The molecule has 198 valence electrons. The molecule has 7 rings (SSSR count). The van der Waals surface area contributed by atoms with Crippen molar-refractivity contribution in [1.82, 2.24) is 4.90 Å². The third-order valence-electron chi connectivity index (χ3n) is 8.32. The third-order valence-corrected chi connectivity index (χ3v) is 8.85. The molecule has 3 fully saturated rings. The van der Waals surface area contributed by atoms with Crippen LogP contribution in [0.2, 0.25) is 0 Å². The van der Waals surface area contributed by atoms with Crippen molar-refractivity contribution in [2.45, 2.75) is 50.6 Å². The molecule has 3 aromatic carbocycles. The zero-order valence-corrected chi connectivity index (χ0v) is 23.0. The molecule has 2 N–H and O–H groups in total. The number of quaternary nitrogens is 1. The van der Waals surface area contributed by atoms with Gasteiger partial charge in [0, 0.05) is 30.4 Å². The number of nitrogens with zero attached hydrogens (tertiary/aromatic N) is 3. The second kappa shape index (κ2) is 10.3. The van der Waals surface area contributed by atoms with Crippen LogP contribution in [0.25, 0.3) is 0 Å². The van der Waals surface area contributed by atoms with Gasteiger partial charge in [-0.1, -0.05) is 75.1 Å². The molecule has 3 aromatic rings. The molecule has 3 saturated heterocycles. The first-order chi connectivity index (χ1) is 18.5. The number of rotatable bonds is 9. The summed E-state index contributed by atoms with van der Waals surface area (Å²) in [6.45, 7) is 3.54. The van der Waals surface area contributed by atoms with Crippen molar-refractivity contribution in [2.75, 3.05) is 30.1 Å². The lowest BCUT2D eigenvalue weighted by Crippen LogP contribution is -2.83. The first-order valence-electron chi connectivity index (χ1n) is 13.4. The molecule has 38 heavy (non-hydrogen) atoms. The van der Waals surface area contributed by atoms with E-state index in [-0.39, 0.29) is 10.7 Å². The molecular weight excluding hydrogens is 544 g/mol. The van der Waals surface area contributed by atoms with Crippen molar-refractivity contribution in [1.29, 1.82) is 0 Å². The maximum Gasteiger partial charge on any atom is 0.541 e. The highest BCUT2D eigenvalue weighted by Crippen LogP contribution is 2.54. The quantitative estimate of drug-likeness (QED) is 0.286. The standard InChI is InChI=1S/C30H33BrN4O3/c31-25-13-11-24(12-14-25)21-33(20-23-7-2-1-3-8-23)17-6-16-30-19-26(38-30)15-18-35(30,29(36)37)34-22-32-27-9-4-5-10-28(27)34/h1-5,7-14,26,32H,6,15-22H2/p+1/t26?,30?,35-/m1/s1. The maximum atomic E-state index is 13.1. The van der Waals surface area contributed by atoms with Crippen LogP contribution in [-0.2, 0) is 17.8 Å². The molecule has 7 nitrogen and oxygen atoms in total. The molecule has 0 aliphatic carbocycles. The van der Waals surface area contributed by atoms with Crippen LogP contribution in [0, 0.1) is 0 Å². The van der Waals surface area contributed by atoms with Crippen molar-refractivity contribution in [3.8, 4) is 0 Å². The van der Waals surface area contributed by atoms with Gasteiger partial charge in [0.25, 0.3) is 0 Å².